The molecule has 5 heteroatoms. The van der Waals surface area contributed by atoms with E-state index in [0.717, 1.165) is 0 Å². The van der Waals surface area contributed by atoms with Crippen molar-refractivity contribution in [3.63, 3.8) is 0 Å². The average molecular weight is 275 g/mol. The van der Waals surface area contributed by atoms with Crippen molar-refractivity contribution in [2.75, 3.05) is 5.75 Å². The molecule has 19 heavy (non-hydrogen) atoms. The van der Waals surface area contributed by atoms with Gasteiger partial charge in [0.1, 0.15) is 0 Å². The highest BCUT2D eigenvalue weighted by atomic mass is 32.2. The molecule has 1 amide bonds. The van der Waals surface area contributed by atoms with Gasteiger partial charge in [-0.25, -0.2) is 0 Å². The second-order valence-corrected chi connectivity index (χ2v) is 5.30. The minimum atomic E-state index is -0.356. The molecule has 0 aromatic heterocycles. The van der Waals surface area contributed by atoms with Crippen LogP contribution >= 0.6 is 11.8 Å². The van der Waals surface area contributed by atoms with E-state index < -0.39 is 0 Å². The molecule has 1 aromatic rings. The van der Waals surface area contributed by atoms with Gasteiger partial charge < -0.3 is 5.73 Å². The number of ketones is 2. The number of carbonyl (C=O) groups excluding carboxylic acids is 3. The lowest BCUT2D eigenvalue weighted by Crippen LogP contribution is -2.15. The average Bonchev–Trinajstić information content (AvgIpc) is 2.40. The highest BCUT2D eigenvalue weighted by molar-refractivity contribution is 8.04. The van der Waals surface area contributed by atoms with Crippen LogP contribution in [-0.4, -0.2) is 23.2 Å². The van der Waals surface area contributed by atoms with Gasteiger partial charge in [-0.1, -0.05) is 24.3 Å². The molecule has 2 N–H and O–H groups in total. The summed E-state index contributed by atoms with van der Waals surface area (Å²) in [6.07, 6.45) is 2.26. The van der Waals surface area contributed by atoms with Crippen LogP contribution in [0.2, 0.25) is 0 Å². The normalized spacial score (nSPS) is 14.0. The second kappa shape index (κ2) is 5.84. The Morgan fingerprint density at radius 3 is 2.53 bits per heavy atom. The van der Waals surface area contributed by atoms with Crippen LogP contribution in [0.4, 0.5) is 0 Å². The maximum absolute atomic E-state index is 12.2. The molecule has 0 heterocycles. The van der Waals surface area contributed by atoms with Crippen molar-refractivity contribution in [3.05, 3.63) is 46.4 Å². The molecule has 0 unspecified atom stereocenters. The number of thioether (sulfide) groups is 1. The fraction of sp³-hybridized carbons (Fsp3) is 0.214. The third-order valence-electron chi connectivity index (χ3n) is 2.75. The van der Waals surface area contributed by atoms with E-state index in [2.05, 4.69) is 0 Å². The Balaban J connectivity index is 2.06. The van der Waals surface area contributed by atoms with E-state index in [-0.39, 0.29) is 17.5 Å². The first-order chi connectivity index (χ1) is 9.09. The number of hydrogen-bond donors (Lipinski definition) is 1. The van der Waals surface area contributed by atoms with Gasteiger partial charge in [0.25, 0.3) is 0 Å². The zero-order chi connectivity index (χ0) is 13.8. The van der Waals surface area contributed by atoms with E-state index in [9.17, 15) is 14.4 Å². The lowest BCUT2D eigenvalue weighted by atomic mass is 9.95. The van der Waals surface area contributed by atoms with Crippen LogP contribution in [0.25, 0.3) is 0 Å². The molecule has 2 rings (SSSR count). The number of allylic oxidation sites excluding steroid dienone is 2. The first-order valence-corrected chi connectivity index (χ1v) is 6.89. The summed E-state index contributed by atoms with van der Waals surface area (Å²) in [7, 11) is 0. The number of fused-ring (bicyclic) bond motifs is 1. The zero-order valence-corrected chi connectivity index (χ0v) is 11.0. The Hall–Kier alpha value is -1.88. The van der Waals surface area contributed by atoms with Crippen molar-refractivity contribution in [3.8, 4) is 0 Å². The lowest BCUT2D eigenvalue weighted by molar-refractivity contribution is -0.118. The predicted molar refractivity (Wildman–Crippen MR) is 74.1 cm³/mol. The number of Topliss-reactive ketones (excluding diaryl/α,β-unsaturated/α-hetero) is 1. The summed E-state index contributed by atoms with van der Waals surface area (Å²) in [5, 5.41) is 0. The number of primary amides is 1. The molecule has 0 saturated heterocycles. The molecule has 0 spiro atoms. The van der Waals surface area contributed by atoms with Crippen LogP contribution in [0, 0.1) is 0 Å². The Morgan fingerprint density at radius 2 is 1.84 bits per heavy atom. The Labute approximate surface area is 115 Å². The highest BCUT2D eigenvalue weighted by Gasteiger charge is 2.24. The molecule has 4 nitrogen and oxygen atoms in total. The summed E-state index contributed by atoms with van der Waals surface area (Å²) < 4.78 is 0. The molecule has 1 aliphatic carbocycles. The molecule has 0 fully saturated rings. The van der Waals surface area contributed by atoms with Gasteiger partial charge in [0.2, 0.25) is 5.91 Å². The molecule has 0 atom stereocenters. The molecule has 0 radical (unpaired) electrons. The van der Waals surface area contributed by atoms with Gasteiger partial charge in [-0.05, 0) is 12.2 Å². The van der Waals surface area contributed by atoms with Crippen LogP contribution in [-0.2, 0) is 4.79 Å². The summed E-state index contributed by atoms with van der Waals surface area (Å²) >= 11 is 1.30. The van der Waals surface area contributed by atoms with E-state index in [1.165, 1.54) is 17.8 Å². The monoisotopic (exact) mass is 275 g/mol. The van der Waals surface area contributed by atoms with E-state index in [1.54, 1.807) is 24.3 Å². The molecule has 0 aliphatic heterocycles. The maximum atomic E-state index is 12.2. The van der Waals surface area contributed by atoms with Gasteiger partial charge in [0.15, 0.2) is 11.6 Å². The van der Waals surface area contributed by atoms with Gasteiger partial charge in [0.05, 0.1) is 4.91 Å². The summed E-state index contributed by atoms with van der Waals surface area (Å²) in [5.74, 6) is -0.0338. The molecule has 1 aliphatic rings. The summed E-state index contributed by atoms with van der Waals surface area (Å²) in [6, 6.07) is 6.79. The van der Waals surface area contributed by atoms with E-state index in [4.69, 9.17) is 5.73 Å². The second-order valence-electron chi connectivity index (χ2n) is 4.17. The van der Waals surface area contributed by atoms with Gasteiger partial charge in [-0.3, -0.25) is 14.4 Å². The van der Waals surface area contributed by atoms with Gasteiger partial charge in [-0.15, -0.1) is 11.8 Å². The van der Waals surface area contributed by atoms with Crippen molar-refractivity contribution < 1.29 is 14.4 Å². The summed E-state index contributed by atoms with van der Waals surface area (Å²) in [5.41, 5.74) is 5.94. The molecular formula is C14H13NO3S. The Morgan fingerprint density at radius 1 is 1.16 bits per heavy atom. The minimum Gasteiger partial charge on any atom is -0.370 e. The standard InChI is InChI=1S/C14H13NO3S/c15-13(17)6-3-7-19-12-8-11(16)9-4-1-2-5-10(9)14(12)18/h1-2,4-5,8H,3,6-7H2,(H2,15,17). The van der Waals surface area contributed by atoms with Crippen LogP contribution in [0.1, 0.15) is 33.6 Å². The van der Waals surface area contributed by atoms with Gasteiger partial charge in [0, 0.05) is 23.6 Å². The molecule has 1 aromatic carbocycles. The smallest absolute Gasteiger partial charge is 0.217 e. The number of hydrogen-bond acceptors (Lipinski definition) is 4. The fourth-order valence-electron chi connectivity index (χ4n) is 1.83. The fourth-order valence-corrected chi connectivity index (χ4v) is 2.77. The van der Waals surface area contributed by atoms with Crippen molar-refractivity contribution in [1.82, 2.24) is 0 Å². The molecule has 0 saturated carbocycles. The quantitative estimate of drug-likeness (QED) is 0.833. The van der Waals surface area contributed by atoms with Crippen LogP contribution < -0.4 is 5.73 Å². The highest BCUT2D eigenvalue weighted by Crippen LogP contribution is 2.28. The largest absolute Gasteiger partial charge is 0.370 e. The van der Waals surface area contributed by atoms with E-state index in [0.29, 0.717) is 34.6 Å². The number of rotatable bonds is 5. The Kier molecular flexibility index (Phi) is 4.16. The summed E-state index contributed by atoms with van der Waals surface area (Å²) in [6.45, 7) is 0. The first-order valence-electron chi connectivity index (χ1n) is 5.90. The zero-order valence-electron chi connectivity index (χ0n) is 10.2. The van der Waals surface area contributed by atoms with E-state index >= 15 is 0 Å². The van der Waals surface area contributed by atoms with Crippen molar-refractivity contribution in [2.45, 2.75) is 12.8 Å². The van der Waals surface area contributed by atoms with Crippen LogP contribution in [0.15, 0.2) is 35.2 Å². The maximum Gasteiger partial charge on any atom is 0.217 e. The Bertz CT molecular complexity index is 578. The number of nitrogens with two attached hydrogens (primary N) is 1. The third-order valence-corrected chi connectivity index (χ3v) is 3.86. The van der Waals surface area contributed by atoms with Crippen molar-refractivity contribution >= 4 is 29.2 Å². The van der Waals surface area contributed by atoms with E-state index in [1.807, 2.05) is 0 Å². The number of amides is 1. The third kappa shape index (κ3) is 3.12. The molecule has 0 bridgehead atoms. The molecule has 98 valence electrons. The van der Waals surface area contributed by atoms with Crippen molar-refractivity contribution in [2.24, 2.45) is 5.73 Å². The summed E-state index contributed by atoms with van der Waals surface area (Å²) in [4.78, 5) is 35.1. The molecular weight excluding hydrogens is 262 g/mol. The number of carbonyl (C=O) groups is 3. The van der Waals surface area contributed by atoms with Gasteiger partial charge in [-0.2, -0.15) is 0 Å². The van der Waals surface area contributed by atoms with Gasteiger partial charge >= 0.3 is 0 Å². The first kappa shape index (κ1) is 13.5. The van der Waals surface area contributed by atoms with Crippen molar-refractivity contribution in [1.29, 1.82) is 0 Å². The topological polar surface area (TPSA) is 77.2 Å². The predicted octanol–water partition coefficient (Wildman–Crippen LogP) is 1.95. The SMILES string of the molecule is NC(=O)CCCSC1=CC(=O)c2ccccc2C1=O. The number of benzene rings is 1. The van der Waals surface area contributed by atoms with Crippen LogP contribution in [0.5, 0.6) is 0 Å². The lowest BCUT2D eigenvalue weighted by Gasteiger charge is -2.14. The minimum absolute atomic E-state index is 0.126. The van der Waals surface area contributed by atoms with Crippen LogP contribution in [0.3, 0.4) is 0 Å².